The zero-order chi connectivity index (χ0) is 10.6. The molecule has 0 fully saturated rings. The summed E-state index contributed by atoms with van der Waals surface area (Å²) in [6.07, 6.45) is -7.06. The molecule has 5 heteroatoms. The smallest absolute Gasteiger partial charge is 0.333 e. The van der Waals surface area contributed by atoms with Crippen molar-refractivity contribution in [2.45, 2.75) is 32.5 Å². The third-order valence-electron chi connectivity index (χ3n) is 1.33. The van der Waals surface area contributed by atoms with Crippen molar-refractivity contribution in [2.75, 3.05) is 0 Å². The van der Waals surface area contributed by atoms with Gasteiger partial charge in [0.15, 0.2) is 6.17 Å². The number of ether oxygens (including phenoxy) is 1. The molecule has 0 aliphatic heterocycles. The fourth-order valence-electron chi connectivity index (χ4n) is 0.539. The summed E-state index contributed by atoms with van der Waals surface area (Å²) in [5.74, 6) is -0.865. The molecule has 0 amide bonds. The Morgan fingerprint density at radius 3 is 2.15 bits per heavy atom. The molecular formula is C8H11F3O2. The van der Waals surface area contributed by atoms with E-state index in [1.165, 1.54) is 6.92 Å². The molecule has 13 heavy (non-hydrogen) atoms. The highest BCUT2D eigenvalue weighted by molar-refractivity contribution is 5.87. The van der Waals surface area contributed by atoms with Crippen LogP contribution in [0.3, 0.4) is 0 Å². The number of rotatable bonds is 4. The Morgan fingerprint density at radius 2 is 1.85 bits per heavy atom. The highest BCUT2D eigenvalue weighted by atomic mass is 19.3. The maximum absolute atomic E-state index is 12.5. The van der Waals surface area contributed by atoms with Crippen molar-refractivity contribution in [3.63, 3.8) is 0 Å². The minimum atomic E-state index is -3.15. The fourth-order valence-corrected chi connectivity index (χ4v) is 0.539. The maximum atomic E-state index is 12.5. The quantitative estimate of drug-likeness (QED) is 0.508. The van der Waals surface area contributed by atoms with Crippen molar-refractivity contribution in [3.8, 4) is 0 Å². The third-order valence-corrected chi connectivity index (χ3v) is 1.33. The number of esters is 1. The van der Waals surface area contributed by atoms with Gasteiger partial charge in [-0.15, -0.1) is 0 Å². The fraction of sp³-hybridized carbons (Fsp3) is 0.625. The van der Waals surface area contributed by atoms with Gasteiger partial charge in [-0.3, -0.25) is 0 Å². The summed E-state index contributed by atoms with van der Waals surface area (Å²) in [6, 6.07) is 0. The molecule has 0 aromatic rings. The lowest BCUT2D eigenvalue weighted by atomic mass is 10.2. The van der Waals surface area contributed by atoms with Crippen LogP contribution >= 0.6 is 0 Å². The van der Waals surface area contributed by atoms with Crippen LogP contribution in [-0.2, 0) is 9.53 Å². The van der Waals surface area contributed by atoms with Crippen LogP contribution in [0.5, 0.6) is 0 Å². The van der Waals surface area contributed by atoms with Crippen LogP contribution in [0.15, 0.2) is 12.2 Å². The predicted octanol–water partition coefficient (Wildman–Crippen LogP) is 2.10. The summed E-state index contributed by atoms with van der Waals surface area (Å²) < 4.78 is 40.3. The Hall–Kier alpha value is -1.00. The average molecular weight is 196 g/mol. The van der Waals surface area contributed by atoms with E-state index in [9.17, 15) is 18.0 Å². The second kappa shape index (κ2) is 4.89. The van der Waals surface area contributed by atoms with Crippen LogP contribution in [-0.4, -0.2) is 24.7 Å². The Bertz CT molecular complexity index is 204. The molecular weight excluding hydrogens is 185 g/mol. The molecule has 0 aromatic carbocycles. The van der Waals surface area contributed by atoms with Crippen molar-refractivity contribution in [1.29, 1.82) is 0 Å². The van der Waals surface area contributed by atoms with Crippen molar-refractivity contribution >= 4 is 5.97 Å². The van der Waals surface area contributed by atoms with Crippen LogP contribution in [0.4, 0.5) is 13.2 Å². The van der Waals surface area contributed by atoms with Crippen LogP contribution < -0.4 is 0 Å². The van der Waals surface area contributed by atoms with E-state index in [0.717, 1.165) is 6.92 Å². The lowest BCUT2D eigenvalue weighted by Gasteiger charge is -2.16. The molecule has 76 valence electrons. The van der Waals surface area contributed by atoms with Gasteiger partial charge < -0.3 is 4.74 Å². The molecule has 0 spiro atoms. The zero-order valence-electron chi connectivity index (χ0n) is 7.39. The van der Waals surface area contributed by atoms with E-state index in [-0.39, 0.29) is 5.57 Å². The van der Waals surface area contributed by atoms with Gasteiger partial charge in [0.05, 0.1) is 0 Å². The van der Waals surface area contributed by atoms with E-state index in [2.05, 4.69) is 11.3 Å². The van der Waals surface area contributed by atoms with Crippen molar-refractivity contribution in [2.24, 2.45) is 0 Å². The molecule has 0 saturated carbocycles. The lowest BCUT2D eigenvalue weighted by molar-refractivity contribution is -0.150. The molecule has 2 nitrogen and oxygen atoms in total. The van der Waals surface area contributed by atoms with Gasteiger partial charge in [-0.1, -0.05) is 6.58 Å². The van der Waals surface area contributed by atoms with Gasteiger partial charge in [-0.25, -0.2) is 18.0 Å². The van der Waals surface area contributed by atoms with E-state index < -0.39 is 24.7 Å². The SMILES string of the molecule is C=C(C)C(=O)OC(C)C(F)C(F)F. The Morgan fingerprint density at radius 1 is 1.38 bits per heavy atom. The summed E-state index contributed by atoms with van der Waals surface area (Å²) in [5.41, 5.74) is 0.0494. The van der Waals surface area contributed by atoms with E-state index in [0.29, 0.717) is 0 Å². The summed E-state index contributed by atoms with van der Waals surface area (Å²) in [6.45, 7) is 5.65. The van der Waals surface area contributed by atoms with E-state index in [4.69, 9.17) is 0 Å². The molecule has 0 aliphatic carbocycles. The normalized spacial score (nSPS) is 15.2. The van der Waals surface area contributed by atoms with Crippen LogP contribution in [0.2, 0.25) is 0 Å². The third kappa shape index (κ3) is 3.96. The molecule has 2 atom stereocenters. The lowest BCUT2D eigenvalue weighted by Crippen LogP contribution is -2.30. The predicted molar refractivity (Wildman–Crippen MR) is 41.3 cm³/mol. The molecule has 0 aliphatic rings. The maximum Gasteiger partial charge on any atom is 0.333 e. The molecule has 0 bridgehead atoms. The Labute approximate surface area is 74.4 Å². The van der Waals surface area contributed by atoms with Gasteiger partial charge in [0.1, 0.15) is 6.10 Å². The molecule has 2 unspecified atom stereocenters. The van der Waals surface area contributed by atoms with Crippen molar-refractivity contribution < 1.29 is 22.7 Å². The minimum absolute atomic E-state index is 0.0494. The van der Waals surface area contributed by atoms with Crippen molar-refractivity contribution in [1.82, 2.24) is 0 Å². The van der Waals surface area contributed by atoms with Gasteiger partial charge in [0.2, 0.25) is 0 Å². The first-order chi connectivity index (χ1) is 5.86. The van der Waals surface area contributed by atoms with Crippen LogP contribution in [0.1, 0.15) is 13.8 Å². The number of carbonyl (C=O) groups excluding carboxylic acids is 1. The standard InChI is InChI=1S/C8H11F3O2/c1-4(2)8(12)13-5(3)6(9)7(10)11/h5-7H,1H2,2-3H3. The van der Waals surface area contributed by atoms with E-state index >= 15 is 0 Å². The Balaban J connectivity index is 4.07. The first kappa shape index (κ1) is 12.0. The molecule has 0 radical (unpaired) electrons. The van der Waals surface area contributed by atoms with Gasteiger partial charge in [-0.2, -0.15) is 0 Å². The largest absolute Gasteiger partial charge is 0.456 e. The van der Waals surface area contributed by atoms with E-state index in [1.54, 1.807) is 0 Å². The van der Waals surface area contributed by atoms with Gasteiger partial charge >= 0.3 is 5.97 Å². The molecule has 0 heterocycles. The molecule has 0 rings (SSSR count). The monoisotopic (exact) mass is 196 g/mol. The summed E-state index contributed by atoms with van der Waals surface area (Å²) in [5, 5.41) is 0. The van der Waals surface area contributed by atoms with Gasteiger partial charge in [0, 0.05) is 5.57 Å². The summed E-state index contributed by atoms with van der Waals surface area (Å²) in [4.78, 5) is 10.7. The number of carbonyl (C=O) groups is 1. The Kier molecular flexibility index (Phi) is 4.51. The first-order valence-electron chi connectivity index (χ1n) is 3.65. The number of hydrogen-bond donors (Lipinski definition) is 0. The number of alkyl halides is 3. The average Bonchev–Trinajstić information content (AvgIpc) is 2.02. The first-order valence-corrected chi connectivity index (χ1v) is 3.65. The van der Waals surface area contributed by atoms with Gasteiger partial charge in [0.25, 0.3) is 6.43 Å². The van der Waals surface area contributed by atoms with Crippen molar-refractivity contribution in [3.05, 3.63) is 12.2 Å². The molecule has 0 aromatic heterocycles. The molecule has 0 saturated heterocycles. The zero-order valence-corrected chi connectivity index (χ0v) is 7.39. The number of halogens is 3. The second-order valence-corrected chi connectivity index (χ2v) is 2.67. The highest BCUT2D eigenvalue weighted by Gasteiger charge is 2.29. The number of hydrogen-bond acceptors (Lipinski definition) is 2. The topological polar surface area (TPSA) is 26.3 Å². The highest BCUT2D eigenvalue weighted by Crippen LogP contribution is 2.13. The minimum Gasteiger partial charge on any atom is -0.456 e. The summed E-state index contributed by atoms with van der Waals surface area (Å²) in [7, 11) is 0. The van der Waals surface area contributed by atoms with Gasteiger partial charge in [-0.05, 0) is 13.8 Å². The molecule has 0 N–H and O–H groups in total. The van der Waals surface area contributed by atoms with Crippen LogP contribution in [0.25, 0.3) is 0 Å². The summed E-state index contributed by atoms with van der Waals surface area (Å²) >= 11 is 0. The van der Waals surface area contributed by atoms with Crippen LogP contribution in [0, 0.1) is 0 Å². The van der Waals surface area contributed by atoms with E-state index in [1.807, 2.05) is 0 Å². The second-order valence-electron chi connectivity index (χ2n) is 2.67.